The highest BCUT2D eigenvalue weighted by Crippen LogP contribution is 2.40. The molecule has 1 saturated heterocycles. The Morgan fingerprint density at radius 1 is 1.11 bits per heavy atom. The molecule has 1 amide bonds. The minimum Gasteiger partial charge on any atom is -0.467 e. The van der Waals surface area contributed by atoms with Gasteiger partial charge in [-0.15, -0.1) is 0 Å². The van der Waals surface area contributed by atoms with Gasteiger partial charge in [0.15, 0.2) is 0 Å². The van der Waals surface area contributed by atoms with E-state index in [0.29, 0.717) is 56.8 Å². The molecule has 38 heavy (non-hydrogen) atoms. The van der Waals surface area contributed by atoms with E-state index in [4.69, 9.17) is 4.74 Å². The summed E-state index contributed by atoms with van der Waals surface area (Å²) in [5.41, 5.74) is 1.92. The molecule has 4 heterocycles. The standard InChI is InChI=1S/C26H30F3N7O2/c1-18-16-34(12-13-36(18)24(37)7-11-35-9-3-8-32-35)23-5-4-22(26(27,28)29)20-6-10-33(17-21(20)23)19-14-30-25(38-2)31-15-19/h3-5,8-9,14-15,18H,6-7,10-13,16-17H2,1-2H3. The van der Waals surface area contributed by atoms with Gasteiger partial charge >= 0.3 is 12.2 Å². The van der Waals surface area contributed by atoms with Crippen molar-refractivity contribution in [3.8, 4) is 6.01 Å². The monoisotopic (exact) mass is 529 g/mol. The fraction of sp³-hybridized carbons (Fsp3) is 0.462. The van der Waals surface area contributed by atoms with E-state index in [2.05, 4.69) is 20.0 Å². The zero-order chi connectivity index (χ0) is 26.9. The molecule has 0 bridgehead atoms. The van der Waals surface area contributed by atoms with E-state index in [-0.39, 0.29) is 24.4 Å². The van der Waals surface area contributed by atoms with Crippen LogP contribution >= 0.6 is 0 Å². The summed E-state index contributed by atoms with van der Waals surface area (Å²) in [6, 6.07) is 4.75. The zero-order valence-electron chi connectivity index (χ0n) is 21.4. The number of benzene rings is 1. The van der Waals surface area contributed by atoms with Gasteiger partial charge in [-0.05, 0) is 42.7 Å². The van der Waals surface area contributed by atoms with Crippen molar-refractivity contribution in [2.45, 2.75) is 45.1 Å². The summed E-state index contributed by atoms with van der Waals surface area (Å²) in [5, 5.41) is 4.15. The third kappa shape index (κ3) is 5.25. The second kappa shape index (κ2) is 10.5. The van der Waals surface area contributed by atoms with E-state index < -0.39 is 11.7 Å². The molecule has 1 unspecified atom stereocenters. The van der Waals surface area contributed by atoms with Gasteiger partial charge in [0.05, 0.1) is 30.8 Å². The first-order valence-corrected chi connectivity index (χ1v) is 12.6. The van der Waals surface area contributed by atoms with Crippen LogP contribution in [0.25, 0.3) is 0 Å². The van der Waals surface area contributed by atoms with E-state index in [1.54, 1.807) is 29.3 Å². The van der Waals surface area contributed by atoms with Crippen molar-refractivity contribution in [2.24, 2.45) is 0 Å². The van der Waals surface area contributed by atoms with Crippen LogP contribution in [0.2, 0.25) is 0 Å². The van der Waals surface area contributed by atoms with Gasteiger partial charge in [-0.2, -0.15) is 18.3 Å². The second-order valence-corrected chi connectivity index (χ2v) is 9.59. The average Bonchev–Trinajstić information content (AvgIpc) is 3.44. The number of nitrogens with zero attached hydrogens (tertiary/aromatic N) is 7. The van der Waals surface area contributed by atoms with Gasteiger partial charge in [0.2, 0.25) is 5.91 Å². The molecule has 2 aliphatic heterocycles. The Morgan fingerprint density at radius 2 is 1.89 bits per heavy atom. The topological polar surface area (TPSA) is 79.6 Å². The Balaban J connectivity index is 1.36. The number of carbonyl (C=O) groups is 1. The first-order valence-electron chi connectivity index (χ1n) is 12.6. The number of hydrogen-bond acceptors (Lipinski definition) is 7. The highest BCUT2D eigenvalue weighted by molar-refractivity contribution is 5.77. The van der Waals surface area contributed by atoms with Crippen LogP contribution in [0.15, 0.2) is 43.0 Å². The third-order valence-electron chi connectivity index (χ3n) is 7.26. The molecule has 0 spiro atoms. The maximum Gasteiger partial charge on any atom is 0.416 e. The van der Waals surface area contributed by atoms with E-state index in [0.717, 1.165) is 11.4 Å². The summed E-state index contributed by atoms with van der Waals surface area (Å²) >= 11 is 0. The molecule has 1 atom stereocenters. The van der Waals surface area contributed by atoms with Crippen molar-refractivity contribution in [3.05, 3.63) is 59.7 Å². The van der Waals surface area contributed by atoms with Gasteiger partial charge in [-0.1, -0.05) is 0 Å². The van der Waals surface area contributed by atoms with Gasteiger partial charge in [-0.3, -0.25) is 9.48 Å². The molecule has 1 aromatic carbocycles. The number of rotatable bonds is 6. The van der Waals surface area contributed by atoms with Crippen LogP contribution in [0.3, 0.4) is 0 Å². The molecule has 9 nitrogen and oxygen atoms in total. The SMILES string of the molecule is COc1ncc(N2CCc3c(C(F)(F)F)ccc(N4CCN(C(=O)CCn5cccn5)C(C)C4)c3C2)cn1. The number of alkyl halides is 3. The third-order valence-corrected chi connectivity index (χ3v) is 7.26. The minimum absolute atomic E-state index is 0.0489. The normalized spacial score (nSPS) is 17.9. The summed E-state index contributed by atoms with van der Waals surface area (Å²) in [5.74, 6) is 0.0489. The Hall–Kier alpha value is -3.83. The maximum atomic E-state index is 13.9. The Bertz CT molecular complexity index is 1270. The first-order chi connectivity index (χ1) is 18.2. The van der Waals surface area contributed by atoms with Gasteiger partial charge < -0.3 is 19.4 Å². The van der Waals surface area contributed by atoms with Gasteiger partial charge in [0.1, 0.15) is 0 Å². The number of hydrogen-bond donors (Lipinski definition) is 0. The first kappa shape index (κ1) is 25.8. The second-order valence-electron chi connectivity index (χ2n) is 9.59. The lowest BCUT2D eigenvalue weighted by molar-refractivity contribution is -0.138. The van der Waals surface area contributed by atoms with Crippen LogP contribution in [0.1, 0.15) is 30.0 Å². The van der Waals surface area contributed by atoms with Crippen molar-refractivity contribution in [2.75, 3.05) is 43.1 Å². The number of anilines is 2. The molecular formula is C26H30F3N7O2. The number of aryl methyl sites for hydroxylation is 1. The molecule has 12 heteroatoms. The van der Waals surface area contributed by atoms with E-state index >= 15 is 0 Å². The number of carbonyl (C=O) groups excluding carboxylic acids is 1. The smallest absolute Gasteiger partial charge is 0.416 e. The lowest BCUT2D eigenvalue weighted by Crippen LogP contribution is -2.54. The van der Waals surface area contributed by atoms with Crippen LogP contribution in [-0.4, -0.2) is 69.9 Å². The lowest BCUT2D eigenvalue weighted by atomic mass is 9.91. The molecule has 202 valence electrons. The molecule has 0 saturated carbocycles. The fourth-order valence-electron chi connectivity index (χ4n) is 5.35. The van der Waals surface area contributed by atoms with E-state index in [1.807, 2.05) is 29.0 Å². The molecule has 0 aliphatic carbocycles. The quantitative estimate of drug-likeness (QED) is 0.484. The van der Waals surface area contributed by atoms with Gasteiger partial charge in [0.25, 0.3) is 0 Å². The zero-order valence-corrected chi connectivity index (χ0v) is 21.4. The van der Waals surface area contributed by atoms with E-state index in [1.165, 1.54) is 13.2 Å². The Kier molecular flexibility index (Phi) is 7.13. The number of methoxy groups -OCH3 is 1. The predicted octanol–water partition coefficient (Wildman–Crippen LogP) is 3.39. The predicted molar refractivity (Wildman–Crippen MR) is 135 cm³/mol. The summed E-state index contributed by atoms with van der Waals surface area (Å²) < 4.78 is 48.5. The number of ether oxygens (including phenoxy) is 1. The van der Waals surface area contributed by atoms with Crippen molar-refractivity contribution in [1.29, 1.82) is 0 Å². The number of aromatic nitrogens is 4. The van der Waals surface area contributed by atoms with Crippen LogP contribution in [-0.2, 0) is 30.5 Å². The molecule has 2 aromatic heterocycles. The number of fused-ring (bicyclic) bond motifs is 1. The van der Waals surface area contributed by atoms with Crippen molar-refractivity contribution in [1.82, 2.24) is 24.6 Å². The molecule has 1 fully saturated rings. The van der Waals surface area contributed by atoms with Crippen LogP contribution in [0.5, 0.6) is 6.01 Å². The maximum absolute atomic E-state index is 13.9. The molecule has 0 N–H and O–H groups in total. The lowest BCUT2D eigenvalue weighted by Gasteiger charge is -2.43. The highest BCUT2D eigenvalue weighted by atomic mass is 19.4. The summed E-state index contributed by atoms with van der Waals surface area (Å²) in [6.45, 7) is 4.81. The minimum atomic E-state index is -4.43. The van der Waals surface area contributed by atoms with Crippen molar-refractivity contribution < 1.29 is 22.7 Å². The largest absolute Gasteiger partial charge is 0.467 e. The average molecular weight is 530 g/mol. The Labute approximate surface area is 218 Å². The van der Waals surface area contributed by atoms with E-state index in [9.17, 15) is 18.0 Å². The van der Waals surface area contributed by atoms with Gasteiger partial charge in [-0.25, -0.2) is 9.97 Å². The molecule has 3 aromatic rings. The van der Waals surface area contributed by atoms with Gasteiger partial charge in [0, 0.05) is 69.8 Å². The molecular weight excluding hydrogens is 499 g/mol. The summed E-state index contributed by atoms with van der Waals surface area (Å²) in [6.07, 6.45) is 2.93. The Morgan fingerprint density at radius 3 is 2.55 bits per heavy atom. The molecule has 5 rings (SSSR count). The van der Waals surface area contributed by atoms with Crippen LogP contribution in [0, 0.1) is 0 Å². The summed E-state index contributed by atoms with van der Waals surface area (Å²) in [4.78, 5) is 27.2. The molecule has 2 aliphatic rings. The highest BCUT2D eigenvalue weighted by Gasteiger charge is 2.38. The number of piperazine rings is 1. The fourth-order valence-corrected chi connectivity index (χ4v) is 5.35. The van der Waals surface area contributed by atoms with Crippen LogP contribution < -0.4 is 14.5 Å². The van der Waals surface area contributed by atoms with Crippen molar-refractivity contribution >= 4 is 17.3 Å². The molecule has 0 radical (unpaired) electrons. The summed E-state index contributed by atoms with van der Waals surface area (Å²) in [7, 11) is 1.48. The number of halogens is 3. The van der Waals surface area contributed by atoms with Crippen LogP contribution in [0.4, 0.5) is 24.5 Å². The van der Waals surface area contributed by atoms with Crippen molar-refractivity contribution in [3.63, 3.8) is 0 Å². The number of amides is 1.